The van der Waals surface area contributed by atoms with Crippen LogP contribution in [0.2, 0.25) is 5.02 Å². The zero-order valence-corrected chi connectivity index (χ0v) is 6.02. The van der Waals surface area contributed by atoms with Crippen molar-refractivity contribution >= 4 is 17.4 Å². The highest BCUT2D eigenvalue weighted by Crippen LogP contribution is 2.20. The number of halogens is 1. The van der Waals surface area contributed by atoms with Crippen molar-refractivity contribution < 1.29 is 5.11 Å². The van der Waals surface area contributed by atoms with Gasteiger partial charge in [0.2, 0.25) is 5.88 Å². The van der Waals surface area contributed by atoms with Crippen molar-refractivity contribution in [3.63, 3.8) is 0 Å². The topological polar surface area (TPSA) is 63.3 Å². The van der Waals surface area contributed by atoms with Crippen LogP contribution in [0, 0.1) is 0 Å². The molecule has 0 radical (unpaired) electrons. The third-order valence-corrected chi connectivity index (χ3v) is 1.50. The van der Waals surface area contributed by atoms with E-state index in [1.807, 2.05) is 0 Å². The van der Waals surface area contributed by atoms with Crippen LogP contribution >= 0.6 is 11.6 Å². The van der Waals surface area contributed by atoms with Crippen LogP contribution in [-0.2, 0) is 0 Å². The van der Waals surface area contributed by atoms with Crippen LogP contribution < -0.4 is 0 Å². The second kappa shape index (κ2) is 2.06. The van der Waals surface area contributed by atoms with Gasteiger partial charge in [-0.2, -0.15) is 14.6 Å². The molecule has 0 aliphatic carbocycles. The van der Waals surface area contributed by atoms with Crippen molar-refractivity contribution in [2.24, 2.45) is 0 Å². The molecule has 6 heteroatoms. The van der Waals surface area contributed by atoms with Crippen molar-refractivity contribution in [1.29, 1.82) is 0 Å². The van der Waals surface area contributed by atoms with Crippen LogP contribution in [0.1, 0.15) is 0 Å². The first kappa shape index (κ1) is 6.36. The molecule has 0 atom stereocenters. The molecule has 0 amide bonds. The Morgan fingerprint density at radius 1 is 1.45 bits per heavy atom. The fourth-order valence-corrected chi connectivity index (χ4v) is 0.875. The predicted molar refractivity (Wildman–Crippen MR) is 37.5 cm³/mol. The van der Waals surface area contributed by atoms with Crippen LogP contribution in [0.3, 0.4) is 0 Å². The number of aromatic nitrogens is 4. The third kappa shape index (κ3) is 0.813. The highest BCUT2D eigenvalue weighted by atomic mass is 35.5. The molecule has 0 saturated carbocycles. The summed E-state index contributed by atoms with van der Waals surface area (Å²) in [5.41, 5.74) is 0. The van der Waals surface area contributed by atoms with Gasteiger partial charge in [0, 0.05) is 0 Å². The molecule has 0 bridgehead atoms. The second-order valence-corrected chi connectivity index (χ2v) is 2.31. The van der Waals surface area contributed by atoms with E-state index in [2.05, 4.69) is 15.1 Å². The minimum atomic E-state index is -0.144. The first-order valence-electron chi connectivity index (χ1n) is 2.82. The standard InChI is InChI=1S/C5H3ClN4O/c6-3-1-7-5-8-2-9-10(5)4(3)11/h1-2,11H. The summed E-state index contributed by atoms with van der Waals surface area (Å²) in [7, 11) is 0. The molecule has 1 N–H and O–H groups in total. The molecule has 2 aromatic heterocycles. The van der Waals surface area contributed by atoms with Gasteiger partial charge in [-0.1, -0.05) is 11.6 Å². The summed E-state index contributed by atoms with van der Waals surface area (Å²) in [5.74, 6) is 0.182. The van der Waals surface area contributed by atoms with Crippen molar-refractivity contribution in [3.8, 4) is 5.88 Å². The Kier molecular flexibility index (Phi) is 1.19. The average molecular weight is 171 g/mol. The maximum Gasteiger partial charge on any atom is 0.255 e. The first-order valence-corrected chi connectivity index (χ1v) is 3.20. The summed E-state index contributed by atoms with van der Waals surface area (Å²) in [6.07, 6.45) is 2.61. The van der Waals surface area contributed by atoms with E-state index in [1.54, 1.807) is 0 Å². The Bertz CT molecular complexity index is 398. The molecule has 0 aliphatic heterocycles. The van der Waals surface area contributed by atoms with E-state index in [0.717, 1.165) is 4.52 Å². The predicted octanol–water partition coefficient (Wildman–Crippen LogP) is 0.483. The van der Waals surface area contributed by atoms with E-state index in [-0.39, 0.29) is 10.9 Å². The molecule has 2 heterocycles. The molecule has 2 rings (SSSR count). The van der Waals surface area contributed by atoms with Crippen molar-refractivity contribution in [1.82, 2.24) is 19.6 Å². The van der Waals surface area contributed by atoms with E-state index >= 15 is 0 Å². The Morgan fingerprint density at radius 3 is 3.09 bits per heavy atom. The van der Waals surface area contributed by atoms with Gasteiger partial charge in [-0.25, -0.2) is 4.98 Å². The Morgan fingerprint density at radius 2 is 2.27 bits per heavy atom. The Balaban J connectivity index is 2.93. The minimum absolute atomic E-state index is 0.144. The lowest BCUT2D eigenvalue weighted by Gasteiger charge is -1.95. The first-order chi connectivity index (χ1) is 5.29. The maximum absolute atomic E-state index is 9.24. The number of rotatable bonds is 0. The van der Waals surface area contributed by atoms with Gasteiger partial charge in [-0.15, -0.1) is 0 Å². The zero-order valence-electron chi connectivity index (χ0n) is 5.27. The summed E-state index contributed by atoms with van der Waals surface area (Å²) < 4.78 is 1.16. The smallest absolute Gasteiger partial charge is 0.255 e. The van der Waals surface area contributed by atoms with Crippen LogP contribution in [0.25, 0.3) is 5.78 Å². The molecule has 56 valence electrons. The Labute approximate surface area is 66.3 Å². The minimum Gasteiger partial charge on any atom is -0.492 e. The van der Waals surface area contributed by atoms with Crippen molar-refractivity contribution in [3.05, 3.63) is 17.5 Å². The lowest BCUT2D eigenvalue weighted by molar-refractivity contribution is 0.435. The van der Waals surface area contributed by atoms with E-state index < -0.39 is 0 Å². The molecule has 5 nitrogen and oxygen atoms in total. The fourth-order valence-electron chi connectivity index (χ4n) is 0.746. The quantitative estimate of drug-likeness (QED) is 0.625. The molecular formula is C5H3ClN4O. The molecular weight excluding hydrogens is 168 g/mol. The monoisotopic (exact) mass is 170 g/mol. The highest BCUT2D eigenvalue weighted by molar-refractivity contribution is 6.31. The summed E-state index contributed by atoms with van der Waals surface area (Å²) in [5, 5.41) is 13.1. The van der Waals surface area contributed by atoms with E-state index in [9.17, 15) is 5.11 Å². The third-order valence-electron chi connectivity index (χ3n) is 1.24. The van der Waals surface area contributed by atoms with Crippen LogP contribution in [0.15, 0.2) is 12.5 Å². The summed E-state index contributed by atoms with van der Waals surface area (Å²) in [6, 6.07) is 0. The van der Waals surface area contributed by atoms with Gasteiger partial charge in [0.1, 0.15) is 11.3 Å². The molecule has 0 saturated heterocycles. The van der Waals surface area contributed by atoms with Crippen LogP contribution in [0.4, 0.5) is 0 Å². The molecule has 11 heavy (non-hydrogen) atoms. The van der Waals surface area contributed by atoms with Gasteiger partial charge >= 0.3 is 0 Å². The van der Waals surface area contributed by atoms with Crippen molar-refractivity contribution in [2.75, 3.05) is 0 Å². The highest BCUT2D eigenvalue weighted by Gasteiger charge is 2.05. The number of hydrogen-bond donors (Lipinski definition) is 1. The SMILES string of the molecule is Oc1c(Cl)cnc2ncnn12. The zero-order chi connectivity index (χ0) is 7.84. The fraction of sp³-hybridized carbons (Fsp3) is 0. The van der Waals surface area contributed by atoms with E-state index in [1.165, 1.54) is 12.5 Å². The molecule has 2 aromatic rings. The lowest BCUT2D eigenvalue weighted by Crippen LogP contribution is -1.91. The summed E-state index contributed by atoms with van der Waals surface area (Å²) >= 11 is 5.54. The summed E-state index contributed by atoms with van der Waals surface area (Å²) in [6.45, 7) is 0. The molecule has 0 aliphatic rings. The number of fused-ring (bicyclic) bond motifs is 1. The van der Waals surface area contributed by atoms with Gasteiger partial charge in [0.15, 0.2) is 0 Å². The van der Waals surface area contributed by atoms with Crippen LogP contribution in [-0.4, -0.2) is 24.7 Å². The average Bonchev–Trinajstić information content (AvgIpc) is 2.45. The number of nitrogens with zero attached hydrogens (tertiary/aromatic N) is 4. The van der Waals surface area contributed by atoms with Crippen LogP contribution in [0.5, 0.6) is 5.88 Å². The molecule has 0 fully saturated rings. The van der Waals surface area contributed by atoms with Gasteiger partial charge in [-0.05, 0) is 0 Å². The van der Waals surface area contributed by atoms with Crippen molar-refractivity contribution in [2.45, 2.75) is 0 Å². The van der Waals surface area contributed by atoms with E-state index in [0.29, 0.717) is 5.78 Å². The number of hydrogen-bond acceptors (Lipinski definition) is 4. The largest absolute Gasteiger partial charge is 0.492 e. The van der Waals surface area contributed by atoms with Gasteiger partial charge in [0.05, 0.1) is 6.20 Å². The molecule has 0 spiro atoms. The van der Waals surface area contributed by atoms with Gasteiger partial charge in [-0.3, -0.25) is 0 Å². The molecule has 0 aromatic carbocycles. The van der Waals surface area contributed by atoms with E-state index in [4.69, 9.17) is 11.6 Å². The lowest BCUT2D eigenvalue weighted by atomic mass is 10.6. The summed E-state index contributed by atoms with van der Waals surface area (Å²) in [4.78, 5) is 7.54. The number of aromatic hydroxyl groups is 1. The Hall–Kier alpha value is -1.36. The second-order valence-electron chi connectivity index (χ2n) is 1.90. The maximum atomic E-state index is 9.24. The normalized spacial score (nSPS) is 10.6. The van der Waals surface area contributed by atoms with Gasteiger partial charge < -0.3 is 5.11 Å². The molecule has 0 unspecified atom stereocenters. The van der Waals surface area contributed by atoms with Gasteiger partial charge in [0.25, 0.3) is 5.78 Å².